The van der Waals surface area contributed by atoms with Crippen LogP contribution in [0.1, 0.15) is 37.3 Å². The smallest absolute Gasteiger partial charge is 0.243 e. The fourth-order valence-electron chi connectivity index (χ4n) is 2.67. The van der Waals surface area contributed by atoms with Crippen molar-refractivity contribution in [3.05, 3.63) is 29.3 Å². The van der Waals surface area contributed by atoms with E-state index in [1.165, 1.54) is 4.31 Å². The van der Waals surface area contributed by atoms with Crippen LogP contribution < -0.4 is 5.73 Å². The van der Waals surface area contributed by atoms with E-state index in [1.807, 2.05) is 6.07 Å². The molecule has 21 heavy (non-hydrogen) atoms. The van der Waals surface area contributed by atoms with Crippen molar-refractivity contribution in [2.24, 2.45) is 5.73 Å². The third-order valence-electron chi connectivity index (χ3n) is 4.13. The van der Waals surface area contributed by atoms with Crippen molar-refractivity contribution in [1.29, 1.82) is 0 Å². The third-order valence-corrected chi connectivity index (χ3v) is 6.17. The molecule has 1 atom stereocenters. The molecule has 1 aliphatic heterocycles. The molecule has 0 amide bonds. The van der Waals surface area contributed by atoms with Crippen LogP contribution in [-0.2, 0) is 16.6 Å². The summed E-state index contributed by atoms with van der Waals surface area (Å²) >= 11 is 0. The minimum Gasteiger partial charge on any atom is -0.390 e. The minimum atomic E-state index is -3.53. The number of rotatable bonds is 3. The van der Waals surface area contributed by atoms with E-state index in [0.717, 1.165) is 11.1 Å². The van der Waals surface area contributed by atoms with Gasteiger partial charge in [-0.05, 0) is 50.3 Å². The van der Waals surface area contributed by atoms with Crippen molar-refractivity contribution >= 4 is 10.0 Å². The number of sulfonamides is 1. The highest BCUT2D eigenvalue weighted by Gasteiger charge is 2.32. The lowest BCUT2D eigenvalue weighted by atomic mass is 9.98. The lowest BCUT2D eigenvalue weighted by Crippen LogP contribution is -2.34. The lowest BCUT2D eigenvalue weighted by molar-refractivity contribution is 0.0465. The molecule has 0 aromatic heterocycles. The Labute approximate surface area is 126 Å². The largest absolute Gasteiger partial charge is 0.390 e. The molecule has 1 heterocycles. The Morgan fingerprint density at radius 3 is 2.71 bits per heavy atom. The Bertz CT molecular complexity index is 611. The summed E-state index contributed by atoms with van der Waals surface area (Å²) < 4.78 is 27.2. The van der Waals surface area contributed by atoms with E-state index in [1.54, 1.807) is 26.0 Å². The summed E-state index contributed by atoms with van der Waals surface area (Å²) in [6.07, 6.45) is 1.75. The zero-order valence-corrected chi connectivity index (χ0v) is 13.5. The van der Waals surface area contributed by atoms with E-state index in [2.05, 4.69) is 0 Å². The third kappa shape index (κ3) is 3.63. The maximum absolute atomic E-state index is 12.8. The Kier molecular flexibility index (Phi) is 4.72. The first-order chi connectivity index (χ1) is 9.76. The van der Waals surface area contributed by atoms with Crippen LogP contribution in [0, 0.1) is 6.92 Å². The number of nitrogens with two attached hydrogens (primary N) is 1. The van der Waals surface area contributed by atoms with Gasteiger partial charge in [0, 0.05) is 19.6 Å². The fourth-order valence-corrected chi connectivity index (χ4v) is 4.42. The molecular weight excluding hydrogens is 288 g/mol. The molecule has 1 fully saturated rings. The first-order valence-electron chi connectivity index (χ1n) is 7.28. The van der Waals surface area contributed by atoms with Crippen molar-refractivity contribution in [1.82, 2.24) is 4.31 Å². The SMILES string of the molecule is Cc1ccc(CN)cc1S(=O)(=O)N1CCCC(C)(O)CC1. The molecule has 0 radical (unpaired) electrons. The summed E-state index contributed by atoms with van der Waals surface area (Å²) in [6, 6.07) is 5.30. The van der Waals surface area contributed by atoms with Gasteiger partial charge in [0.05, 0.1) is 10.5 Å². The highest BCUT2D eigenvalue weighted by molar-refractivity contribution is 7.89. The average Bonchev–Trinajstić information content (AvgIpc) is 2.60. The number of aryl methyl sites for hydroxylation is 1. The molecule has 5 nitrogen and oxygen atoms in total. The first kappa shape index (κ1) is 16.4. The van der Waals surface area contributed by atoms with Crippen LogP contribution >= 0.6 is 0 Å². The first-order valence-corrected chi connectivity index (χ1v) is 8.72. The van der Waals surface area contributed by atoms with Crippen LogP contribution in [0.4, 0.5) is 0 Å². The Morgan fingerprint density at radius 2 is 2.05 bits per heavy atom. The zero-order chi connectivity index (χ0) is 15.7. The van der Waals surface area contributed by atoms with Crippen LogP contribution in [-0.4, -0.2) is 36.5 Å². The van der Waals surface area contributed by atoms with Crippen LogP contribution in [0.15, 0.2) is 23.1 Å². The molecule has 1 aromatic carbocycles. The Balaban J connectivity index is 2.33. The molecular formula is C15H24N2O3S. The van der Waals surface area contributed by atoms with Gasteiger partial charge in [-0.25, -0.2) is 8.42 Å². The standard InChI is InChI=1S/C15H24N2O3S/c1-12-4-5-13(11-16)10-14(12)21(19,20)17-8-3-6-15(2,18)7-9-17/h4-5,10,18H,3,6-9,11,16H2,1-2H3. The number of nitrogens with zero attached hydrogens (tertiary/aromatic N) is 1. The maximum Gasteiger partial charge on any atom is 0.243 e. The molecule has 0 spiro atoms. The number of hydrogen-bond acceptors (Lipinski definition) is 4. The van der Waals surface area contributed by atoms with Gasteiger partial charge < -0.3 is 10.8 Å². The van der Waals surface area contributed by atoms with Crippen molar-refractivity contribution in [2.45, 2.75) is 50.2 Å². The molecule has 3 N–H and O–H groups in total. The van der Waals surface area contributed by atoms with E-state index in [-0.39, 0.29) is 0 Å². The summed E-state index contributed by atoms with van der Waals surface area (Å²) in [6.45, 7) is 4.68. The molecule has 1 unspecified atom stereocenters. The second-order valence-corrected chi connectivity index (χ2v) is 7.96. The number of benzene rings is 1. The van der Waals surface area contributed by atoms with Gasteiger partial charge in [-0.15, -0.1) is 0 Å². The fraction of sp³-hybridized carbons (Fsp3) is 0.600. The van der Waals surface area contributed by atoms with Crippen LogP contribution in [0.3, 0.4) is 0 Å². The van der Waals surface area contributed by atoms with Gasteiger partial charge in [0.2, 0.25) is 10.0 Å². The maximum atomic E-state index is 12.8. The van der Waals surface area contributed by atoms with E-state index in [9.17, 15) is 13.5 Å². The number of hydrogen-bond donors (Lipinski definition) is 2. The topological polar surface area (TPSA) is 83.6 Å². The highest BCUT2D eigenvalue weighted by Crippen LogP contribution is 2.27. The highest BCUT2D eigenvalue weighted by atomic mass is 32.2. The summed E-state index contributed by atoms with van der Waals surface area (Å²) in [7, 11) is -3.53. The van der Waals surface area contributed by atoms with Crippen LogP contribution in [0.2, 0.25) is 0 Å². The summed E-state index contributed by atoms with van der Waals surface area (Å²) in [5, 5.41) is 10.1. The van der Waals surface area contributed by atoms with E-state index >= 15 is 0 Å². The predicted molar refractivity (Wildman–Crippen MR) is 82.3 cm³/mol. The Hall–Kier alpha value is -0.950. The lowest BCUT2D eigenvalue weighted by Gasteiger charge is -2.23. The van der Waals surface area contributed by atoms with E-state index in [4.69, 9.17) is 5.73 Å². The van der Waals surface area contributed by atoms with Gasteiger partial charge in [0.15, 0.2) is 0 Å². The molecule has 118 valence electrons. The van der Waals surface area contributed by atoms with Gasteiger partial charge >= 0.3 is 0 Å². The zero-order valence-electron chi connectivity index (χ0n) is 12.7. The monoisotopic (exact) mass is 312 g/mol. The van der Waals surface area contributed by atoms with Crippen molar-refractivity contribution in [2.75, 3.05) is 13.1 Å². The Morgan fingerprint density at radius 1 is 1.33 bits per heavy atom. The normalized spacial score (nSPS) is 24.8. The van der Waals surface area contributed by atoms with Crippen LogP contribution in [0.25, 0.3) is 0 Å². The van der Waals surface area contributed by atoms with Gasteiger partial charge in [0.1, 0.15) is 0 Å². The summed E-state index contributed by atoms with van der Waals surface area (Å²) in [5.74, 6) is 0. The van der Waals surface area contributed by atoms with Crippen LogP contribution in [0.5, 0.6) is 0 Å². The molecule has 1 aliphatic rings. The second-order valence-electron chi connectivity index (χ2n) is 6.06. The van der Waals surface area contributed by atoms with Gasteiger partial charge in [-0.3, -0.25) is 0 Å². The summed E-state index contributed by atoms with van der Waals surface area (Å²) in [5.41, 5.74) is 6.36. The molecule has 0 saturated carbocycles. The van der Waals surface area contributed by atoms with E-state index in [0.29, 0.717) is 43.8 Å². The molecule has 0 aliphatic carbocycles. The molecule has 1 saturated heterocycles. The molecule has 2 rings (SSSR count). The molecule has 6 heteroatoms. The summed E-state index contributed by atoms with van der Waals surface area (Å²) in [4.78, 5) is 0.326. The predicted octanol–water partition coefficient (Wildman–Crippen LogP) is 1.38. The van der Waals surface area contributed by atoms with Gasteiger partial charge in [-0.1, -0.05) is 12.1 Å². The minimum absolute atomic E-state index is 0.317. The average molecular weight is 312 g/mol. The van der Waals surface area contributed by atoms with E-state index < -0.39 is 15.6 Å². The van der Waals surface area contributed by atoms with Gasteiger partial charge in [-0.2, -0.15) is 4.31 Å². The van der Waals surface area contributed by atoms with Crippen molar-refractivity contribution in [3.8, 4) is 0 Å². The number of aliphatic hydroxyl groups is 1. The second kappa shape index (κ2) is 6.04. The molecule has 1 aromatic rings. The van der Waals surface area contributed by atoms with Crippen molar-refractivity contribution < 1.29 is 13.5 Å². The molecule has 0 bridgehead atoms. The quantitative estimate of drug-likeness (QED) is 0.883. The van der Waals surface area contributed by atoms with Crippen molar-refractivity contribution in [3.63, 3.8) is 0 Å². The van der Waals surface area contributed by atoms with Gasteiger partial charge in [0.25, 0.3) is 0 Å².